The predicted octanol–water partition coefficient (Wildman–Crippen LogP) is 1.66. The minimum atomic E-state index is -1.15. The van der Waals surface area contributed by atoms with Crippen molar-refractivity contribution >= 4 is 34.5 Å². The van der Waals surface area contributed by atoms with Crippen molar-refractivity contribution < 1.29 is 23.8 Å². The Kier molecular flexibility index (Phi) is 8.19. The Hall–Kier alpha value is -3.75. The van der Waals surface area contributed by atoms with E-state index in [1.807, 2.05) is 37.2 Å². The van der Waals surface area contributed by atoms with E-state index >= 15 is 0 Å². The zero-order valence-corrected chi connectivity index (χ0v) is 23.0. The summed E-state index contributed by atoms with van der Waals surface area (Å²) in [5, 5.41) is 17.0. The molecule has 0 unspecified atom stereocenters. The van der Waals surface area contributed by atoms with Gasteiger partial charge >= 0.3 is 0 Å². The van der Waals surface area contributed by atoms with E-state index in [0.29, 0.717) is 46.6 Å². The summed E-state index contributed by atoms with van der Waals surface area (Å²) in [7, 11) is 5.43. The highest BCUT2D eigenvalue weighted by molar-refractivity contribution is 6.30. The summed E-state index contributed by atoms with van der Waals surface area (Å²) in [5.41, 5.74) is 7.69. The Balaban J connectivity index is 1.31. The van der Waals surface area contributed by atoms with Crippen LogP contribution in [0.5, 0.6) is 5.75 Å². The molecule has 0 bridgehead atoms. The third-order valence-corrected chi connectivity index (χ3v) is 6.72. The van der Waals surface area contributed by atoms with Gasteiger partial charge in [0, 0.05) is 24.2 Å². The molecule has 0 aliphatic carbocycles. The third-order valence-electron chi connectivity index (χ3n) is 6.49. The highest BCUT2D eigenvalue weighted by atomic mass is 35.5. The maximum Gasteiger partial charge on any atom is 0.250 e. The highest BCUT2D eigenvalue weighted by Gasteiger charge is 2.46. The normalized spacial score (nSPS) is 20.8. The average Bonchev–Trinajstić information content (AvgIpc) is 3.64. The maximum absolute atomic E-state index is 12.1. The third kappa shape index (κ3) is 5.74. The van der Waals surface area contributed by atoms with E-state index in [2.05, 4.69) is 25.6 Å². The molecule has 212 valence electrons. The first-order chi connectivity index (χ1) is 19.2. The molecule has 5 rings (SSSR count). The first-order valence-corrected chi connectivity index (χ1v) is 13.0. The molecule has 1 saturated heterocycles. The van der Waals surface area contributed by atoms with Crippen molar-refractivity contribution in [3.05, 3.63) is 65.1 Å². The van der Waals surface area contributed by atoms with Gasteiger partial charge in [0.05, 0.1) is 18.9 Å². The predicted molar refractivity (Wildman–Crippen MR) is 146 cm³/mol. The van der Waals surface area contributed by atoms with E-state index in [0.717, 1.165) is 11.3 Å². The van der Waals surface area contributed by atoms with Crippen molar-refractivity contribution in [1.29, 1.82) is 0 Å². The van der Waals surface area contributed by atoms with Gasteiger partial charge in [0.1, 0.15) is 36.3 Å². The lowest BCUT2D eigenvalue weighted by Gasteiger charge is -2.17. The topological polar surface area (TPSA) is 166 Å². The Labute approximate surface area is 235 Å². The molecule has 0 spiro atoms. The van der Waals surface area contributed by atoms with Crippen molar-refractivity contribution in [1.82, 2.24) is 29.7 Å². The Morgan fingerprint density at radius 1 is 1.23 bits per heavy atom. The van der Waals surface area contributed by atoms with E-state index in [9.17, 15) is 9.90 Å². The van der Waals surface area contributed by atoms with Crippen LogP contribution in [0.2, 0.25) is 5.02 Å². The second-order valence-corrected chi connectivity index (χ2v) is 10.1. The van der Waals surface area contributed by atoms with E-state index < -0.39 is 30.4 Å². The minimum absolute atomic E-state index is 0.257. The van der Waals surface area contributed by atoms with E-state index in [1.54, 1.807) is 12.1 Å². The van der Waals surface area contributed by atoms with Crippen LogP contribution in [-0.4, -0.2) is 74.8 Å². The van der Waals surface area contributed by atoms with Gasteiger partial charge in [-0.15, -0.1) is 0 Å². The molecular weight excluding hydrogens is 540 g/mol. The molecule has 13 nitrogen and oxygen atoms in total. The number of benzene rings is 1. The summed E-state index contributed by atoms with van der Waals surface area (Å²) in [6.07, 6.45) is -0.260. The number of amides is 1. The molecule has 1 aliphatic rings. The molecular formula is C26H31ClN8O5. The van der Waals surface area contributed by atoms with Crippen LogP contribution in [0.15, 0.2) is 47.4 Å². The number of furan rings is 1. The fraction of sp³-hybridized carbons (Fsp3) is 0.385. The average molecular weight is 571 g/mol. The highest BCUT2D eigenvalue weighted by Crippen LogP contribution is 2.32. The second-order valence-electron chi connectivity index (χ2n) is 9.68. The van der Waals surface area contributed by atoms with Gasteiger partial charge in [-0.3, -0.25) is 9.36 Å². The van der Waals surface area contributed by atoms with Gasteiger partial charge in [-0.2, -0.15) is 0 Å². The van der Waals surface area contributed by atoms with Crippen molar-refractivity contribution in [3.8, 4) is 5.75 Å². The number of aliphatic hydroxyl groups excluding tert-OH is 1. The van der Waals surface area contributed by atoms with Crippen molar-refractivity contribution in [2.24, 2.45) is 5.73 Å². The Morgan fingerprint density at radius 2 is 2.02 bits per heavy atom. The molecule has 0 saturated carbocycles. The number of fused-ring (bicyclic) bond motifs is 1. The van der Waals surface area contributed by atoms with Gasteiger partial charge in [0.25, 0.3) is 5.91 Å². The summed E-state index contributed by atoms with van der Waals surface area (Å²) in [5.74, 6) is 2.23. The van der Waals surface area contributed by atoms with Crippen molar-refractivity contribution in [2.45, 2.75) is 44.2 Å². The molecule has 1 amide bonds. The summed E-state index contributed by atoms with van der Waals surface area (Å²) >= 11 is 6.28. The molecule has 1 aliphatic heterocycles. The lowest BCUT2D eigenvalue weighted by Crippen LogP contribution is -2.46. The number of nitrogens with two attached hydrogens (primary N) is 1. The fourth-order valence-electron chi connectivity index (χ4n) is 4.52. The molecule has 0 radical (unpaired) electrons. The number of likely N-dealkylation sites (N-methyl/N-ethyl adjacent to an activating group) is 1. The van der Waals surface area contributed by atoms with Gasteiger partial charge in [-0.05, 0) is 44.4 Å². The monoisotopic (exact) mass is 570 g/mol. The maximum atomic E-state index is 12.1. The number of hydrogen-bond acceptors (Lipinski definition) is 11. The van der Waals surface area contributed by atoms with Crippen molar-refractivity contribution in [3.63, 3.8) is 0 Å². The number of carbonyl (C=O) groups is 1. The quantitative estimate of drug-likeness (QED) is 0.219. The number of halogens is 1. The van der Waals surface area contributed by atoms with Gasteiger partial charge in [-0.25, -0.2) is 15.0 Å². The van der Waals surface area contributed by atoms with Crippen LogP contribution in [0.4, 0.5) is 5.82 Å². The van der Waals surface area contributed by atoms with Gasteiger partial charge in [0.15, 0.2) is 29.3 Å². The Morgan fingerprint density at radius 3 is 2.80 bits per heavy atom. The first-order valence-electron chi connectivity index (χ1n) is 12.6. The van der Waals surface area contributed by atoms with Crippen molar-refractivity contribution in [2.75, 3.05) is 26.5 Å². The molecule has 14 heteroatoms. The molecule has 4 aromatic rings. The number of anilines is 1. The zero-order chi connectivity index (χ0) is 28.4. The summed E-state index contributed by atoms with van der Waals surface area (Å²) < 4.78 is 19.2. The number of hydrogen-bond donors (Lipinski definition) is 4. The van der Waals surface area contributed by atoms with Crippen LogP contribution >= 0.6 is 11.6 Å². The fourth-order valence-corrected chi connectivity index (χ4v) is 4.71. The van der Waals surface area contributed by atoms with Crippen LogP contribution in [0.1, 0.15) is 23.3 Å². The molecule has 3 aromatic heterocycles. The van der Waals surface area contributed by atoms with Crippen LogP contribution < -0.4 is 21.1 Å². The number of aliphatic hydroxyl groups is 1. The number of nitrogens with zero attached hydrogens (tertiary/aromatic N) is 5. The van der Waals surface area contributed by atoms with Gasteiger partial charge in [-0.1, -0.05) is 11.6 Å². The van der Waals surface area contributed by atoms with E-state index in [4.69, 9.17) is 31.2 Å². The molecule has 4 heterocycles. The molecule has 1 fully saturated rings. The van der Waals surface area contributed by atoms with E-state index in [-0.39, 0.29) is 6.61 Å². The van der Waals surface area contributed by atoms with Gasteiger partial charge < -0.3 is 40.3 Å². The Bertz CT molecular complexity index is 1490. The van der Waals surface area contributed by atoms with E-state index in [1.165, 1.54) is 24.3 Å². The first kappa shape index (κ1) is 27.8. The zero-order valence-electron chi connectivity index (χ0n) is 22.2. The molecule has 4 atom stereocenters. The van der Waals surface area contributed by atoms with Crippen LogP contribution in [0, 0.1) is 0 Å². The van der Waals surface area contributed by atoms with Gasteiger partial charge in [0.2, 0.25) is 0 Å². The molecule has 40 heavy (non-hydrogen) atoms. The van der Waals surface area contributed by atoms with Crippen LogP contribution in [0.25, 0.3) is 11.2 Å². The molecule has 5 N–H and O–H groups in total. The number of nitrogens with one attached hydrogen (secondary N) is 2. The van der Waals surface area contributed by atoms with Crippen LogP contribution in [-0.2, 0) is 29.2 Å². The summed E-state index contributed by atoms with van der Waals surface area (Å²) in [6.45, 7) is 1.28. The number of ether oxygens (including phenoxy) is 2. The second kappa shape index (κ2) is 11.8. The SMILES string of the molecule is CNC(=O)[C@H]1O[C@@H](n2cnc3c(NCc4cc(Cl)ccc4OCc4ccc(CN(C)C)o4)ncnc32)[C@H](O)[C@@H]1N. The standard InChI is InChI=1S/C26H31ClN8O5/c1-29-25(37)22-19(28)21(36)26(40-22)35-13-33-20-23(31-12-32-24(20)35)30-9-14-8-15(27)4-7-18(14)38-11-17-6-5-16(39-17)10-34(2)3/h4-8,12-13,19,21-22,26,36H,9-11,28H2,1-3H3,(H,29,37)(H,30,31,32)/t19-,21+,22-,26+/m0/s1. The number of aromatic nitrogens is 4. The largest absolute Gasteiger partial charge is 0.485 e. The number of imidazole rings is 1. The van der Waals surface area contributed by atoms with Crippen LogP contribution in [0.3, 0.4) is 0 Å². The lowest BCUT2D eigenvalue weighted by atomic mass is 10.1. The summed E-state index contributed by atoms with van der Waals surface area (Å²) in [4.78, 5) is 27.3. The molecule has 1 aromatic carbocycles. The summed E-state index contributed by atoms with van der Waals surface area (Å²) in [6, 6.07) is 8.29. The number of carbonyl (C=O) groups excluding carboxylic acids is 1. The lowest BCUT2D eigenvalue weighted by molar-refractivity contribution is -0.134. The smallest absolute Gasteiger partial charge is 0.250 e. The number of rotatable bonds is 10. The minimum Gasteiger partial charge on any atom is -0.485 e.